The molecule has 4 nitrogen and oxygen atoms in total. The first-order valence-electron chi connectivity index (χ1n) is 5.67. The van der Waals surface area contributed by atoms with Gasteiger partial charge in [0.15, 0.2) is 0 Å². The van der Waals surface area contributed by atoms with E-state index in [0.717, 1.165) is 25.9 Å². The molecular formula is C11H20N2O2. The molecule has 0 aromatic carbocycles. The van der Waals surface area contributed by atoms with Gasteiger partial charge >= 0.3 is 0 Å². The molecule has 0 aromatic heterocycles. The maximum absolute atomic E-state index is 11.7. The molecule has 15 heavy (non-hydrogen) atoms. The van der Waals surface area contributed by atoms with Crippen LogP contribution in [0.2, 0.25) is 0 Å². The number of nitrogens with zero attached hydrogens (tertiary/aromatic N) is 1. The Labute approximate surface area is 90.6 Å². The summed E-state index contributed by atoms with van der Waals surface area (Å²) in [6.45, 7) is 4.09. The average Bonchev–Trinajstić information content (AvgIpc) is 2.91. The molecule has 1 saturated carbocycles. The van der Waals surface area contributed by atoms with E-state index in [4.69, 9.17) is 0 Å². The molecule has 0 bridgehead atoms. The zero-order valence-electron chi connectivity index (χ0n) is 9.55. The van der Waals surface area contributed by atoms with Crippen LogP contribution in [0.25, 0.3) is 0 Å². The number of carbonyl (C=O) groups is 1. The Morgan fingerprint density at radius 1 is 1.27 bits per heavy atom. The summed E-state index contributed by atoms with van der Waals surface area (Å²) in [5.74, 6) is -0.172. The molecule has 86 valence electrons. The van der Waals surface area contributed by atoms with Gasteiger partial charge < -0.3 is 15.3 Å². The second-order valence-corrected chi connectivity index (χ2v) is 5.35. The lowest BCUT2D eigenvalue weighted by molar-refractivity contribution is -0.133. The molecule has 0 spiro atoms. The number of aliphatic hydroxyl groups is 1. The highest BCUT2D eigenvalue weighted by atomic mass is 16.3. The summed E-state index contributed by atoms with van der Waals surface area (Å²) in [6.07, 6.45) is 3.17. The number of amides is 1. The molecule has 1 aliphatic heterocycles. The average molecular weight is 212 g/mol. The van der Waals surface area contributed by atoms with Crippen molar-refractivity contribution in [3.05, 3.63) is 0 Å². The van der Waals surface area contributed by atoms with Crippen LogP contribution >= 0.6 is 0 Å². The van der Waals surface area contributed by atoms with Crippen LogP contribution in [0.15, 0.2) is 0 Å². The second kappa shape index (κ2) is 3.46. The van der Waals surface area contributed by atoms with Gasteiger partial charge in [0.25, 0.3) is 5.91 Å². The number of nitrogens with one attached hydrogen (secondary N) is 1. The van der Waals surface area contributed by atoms with E-state index in [9.17, 15) is 9.90 Å². The highest BCUT2D eigenvalue weighted by Crippen LogP contribution is 2.36. The maximum atomic E-state index is 11.7. The highest BCUT2D eigenvalue weighted by Gasteiger charge is 2.49. The van der Waals surface area contributed by atoms with Gasteiger partial charge in [0.1, 0.15) is 5.60 Å². The largest absolute Gasteiger partial charge is 0.380 e. The maximum Gasteiger partial charge on any atom is 0.252 e. The van der Waals surface area contributed by atoms with Crippen LogP contribution < -0.4 is 5.32 Å². The minimum Gasteiger partial charge on any atom is -0.380 e. The molecule has 1 aliphatic carbocycles. The quantitative estimate of drug-likeness (QED) is 0.683. The van der Waals surface area contributed by atoms with Gasteiger partial charge in [0.2, 0.25) is 0 Å². The molecule has 1 saturated heterocycles. The first-order chi connectivity index (χ1) is 6.94. The van der Waals surface area contributed by atoms with Gasteiger partial charge in [-0.3, -0.25) is 4.79 Å². The normalized spacial score (nSPS) is 28.5. The summed E-state index contributed by atoms with van der Waals surface area (Å²) >= 11 is 0. The van der Waals surface area contributed by atoms with E-state index in [-0.39, 0.29) is 11.4 Å². The molecule has 0 unspecified atom stereocenters. The minimum absolute atomic E-state index is 0.123. The van der Waals surface area contributed by atoms with Gasteiger partial charge in [-0.25, -0.2) is 0 Å². The first kappa shape index (κ1) is 10.9. The Morgan fingerprint density at radius 2 is 1.80 bits per heavy atom. The van der Waals surface area contributed by atoms with Crippen molar-refractivity contribution in [1.29, 1.82) is 0 Å². The minimum atomic E-state index is -1.04. The van der Waals surface area contributed by atoms with Gasteiger partial charge in [-0.15, -0.1) is 0 Å². The summed E-state index contributed by atoms with van der Waals surface area (Å²) in [6, 6.07) is 0. The van der Waals surface area contributed by atoms with E-state index in [1.807, 2.05) is 0 Å². The first-order valence-corrected chi connectivity index (χ1v) is 5.67. The van der Waals surface area contributed by atoms with Gasteiger partial charge in [0.05, 0.1) is 0 Å². The lowest BCUT2D eigenvalue weighted by atomic mass is 9.89. The Morgan fingerprint density at radius 3 is 2.27 bits per heavy atom. The fourth-order valence-corrected chi connectivity index (χ4v) is 1.97. The van der Waals surface area contributed by atoms with E-state index in [0.29, 0.717) is 12.8 Å². The van der Waals surface area contributed by atoms with Crippen molar-refractivity contribution in [2.75, 3.05) is 20.1 Å². The SMILES string of the molecule is CN1CCC(C)(NC(=O)C2(O)CC2)CC1. The summed E-state index contributed by atoms with van der Waals surface area (Å²) < 4.78 is 0. The summed E-state index contributed by atoms with van der Waals surface area (Å²) in [7, 11) is 2.09. The Hall–Kier alpha value is -0.610. The Bertz CT molecular complexity index is 266. The van der Waals surface area contributed by atoms with Crippen molar-refractivity contribution in [2.45, 2.75) is 43.7 Å². The molecule has 2 rings (SSSR count). The summed E-state index contributed by atoms with van der Waals surface area (Å²) in [5, 5.41) is 12.7. The van der Waals surface area contributed by atoms with Crippen LogP contribution in [-0.4, -0.2) is 47.2 Å². The summed E-state index contributed by atoms with van der Waals surface area (Å²) in [5.41, 5.74) is -1.16. The number of likely N-dealkylation sites (tertiary alicyclic amines) is 1. The number of piperidine rings is 1. The third kappa shape index (κ3) is 2.32. The van der Waals surface area contributed by atoms with Gasteiger partial charge in [0, 0.05) is 18.6 Å². The van der Waals surface area contributed by atoms with Crippen LogP contribution in [0.1, 0.15) is 32.6 Å². The van der Waals surface area contributed by atoms with Crippen LogP contribution in [0.4, 0.5) is 0 Å². The second-order valence-electron chi connectivity index (χ2n) is 5.35. The molecule has 0 atom stereocenters. The third-order valence-electron chi connectivity index (χ3n) is 3.65. The molecule has 0 radical (unpaired) electrons. The van der Waals surface area contributed by atoms with Crippen molar-refractivity contribution >= 4 is 5.91 Å². The smallest absolute Gasteiger partial charge is 0.252 e. The molecular weight excluding hydrogens is 192 g/mol. The van der Waals surface area contributed by atoms with Crippen LogP contribution in [0, 0.1) is 0 Å². The number of rotatable bonds is 2. The molecule has 4 heteroatoms. The predicted octanol–water partition coefficient (Wildman–Crippen LogP) is 0.112. The Kier molecular flexibility index (Phi) is 2.51. The molecule has 2 aliphatic rings. The molecule has 2 fully saturated rings. The van der Waals surface area contributed by atoms with Gasteiger partial charge in [-0.1, -0.05) is 0 Å². The fraction of sp³-hybridized carbons (Fsp3) is 0.909. The van der Waals surface area contributed by atoms with E-state index in [1.54, 1.807) is 0 Å². The van der Waals surface area contributed by atoms with Gasteiger partial charge in [-0.2, -0.15) is 0 Å². The zero-order valence-corrected chi connectivity index (χ0v) is 9.55. The van der Waals surface area contributed by atoms with Crippen molar-refractivity contribution in [3.63, 3.8) is 0 Å². The zero-order chi connectivity index (χ0) is 11.1. The van der Waals surface area contributed by atoms with E-state index < -0.39 is 5.60 Å². The van der Waals surface area contributed by atoms with Gasteiger partial charge in [-0.05, 0) is 39.7 Å². The van der Waals surface area contributed by atoms with Crippen molar-refractivity contribution in [1.82, 2.24) is 10.2 Å². The number of hydrogen-bond donors (Lipinski definition) is 2. The topological polar surface area (TPSA) is 52.6 Å². The van der Waals surface area contributed by atoms with Crippen LogP contribution in [0.3, 0.4) is 0 Å². The predicted molar refractivity (Wildman–Crippen MR) is 57.5 cm³/mol. The monoisotopic (exact) mass is 212 g/mol. The lowest BCUT2D eigenvalue weighted by Gasteiger charge is -2.39. The third-order valence-corrected chi connectivity index (χ3v) is 3.65. The van der Waals surface area contributed by atoms with Crippen molar-refractivity contribution < 1.29 is 9.90 Å². The lowest BCUT2D eigenvalue weighted by Crippen LogP contribution is -2.55. The van der Waals surface area contributed by atoms with Crippen LogP contribution in [-0.2, 0) is 4.79 Å². The Balaban J connectivity index is 1.90. The van der Waals surface area contributed by atoms with Crippen LogP contribution in [0.5, 0.6) is 0 Å². The van der Waals surface area contributed by atoms with E-state index >= 15 is 0 Å². The number of hydrogen-bond acceptors (Lipinski definition) is 3. The number of carbonyl (C=O) groups excluding carboxylic acids is 1. The summed E-state index contributed by atoms with van der Waals surface area (Å²) in [4.78, 5) is 14.0. The van der Waals surface area contributed by atoms with Crippen molar-refractivity contribution in [2.24, 2.45) is 0 Å². The standard InChI is InChI=1S/C11H20N2O2/c1-10(5-7-13(2)8-6-10)12-9(14)11(15)3-4-11/h15H,3-8H2,1-2H3,(H,12,14). The van der Waals surface area contributed by atoms with E-state index in [1.165, 1.54) is 0 Å². The van der Waals surface area contributed by atoms with E-state index in [2.05, 4.69) is 24.2 Å². The molecule has 1 amide bonds. The fourth-order valence-electron chi connectivity index (χ4n) is 1.97. The molecule has 0 aromatic rings. The highest BCUT2D eigenvalue weighted by molar-refractivity contribution is 5.88. The molecule has 2 N–H and O–H groups in total. The van der Waals surface area contributed by atoms with Crippen molar-refractivity contribution in [3.8, 4) is 0 Å². The molecule has 1 heterocycles.